The highest BCUT2D eigenvalue weighted by Gasteiger charge is 2.07. The summed E-state index contributed by atoms with van der Waals surface area (Å²) in [5.74, 6) is 0.883. The topological polar surface area (TPSA) is 63.6 Å². The van der Waals surface area contributed by atoms with Gasteiger partial charge in [-0.05, 0) is 30.7 Å². The molecule has 0 bridgehead atoms. The Kier molecular flexibility index (Phi) is 7.87. The first kappa shape index (κ1) is 20.4. The maximum absolute atomic E-state index is 12.1. The lowest BCUT2D eigenvalue weighted by molar-refractivity contribution is -0.118. The molecule has 0 unspecified atom stereocenters. The number of amides is 1. The minimum atomic E-state index is -0.165. The Balaban J connectivity index is 1.48. The van der Waals surface area contributed by atoms with Crippen molar-refractivity contribution in [3.05, 3.63) is 54.1 Å². The van der Waals surface area contributed by atoms with E-state index in [1.54, 1.807) is 17.6 Å². The molecule has 1 N–H and O–H groups in total. The van der Waals surface area contributed by atoms with E-state index in [4.69, 9.17) is 4.74 Å². The van der Waals surface area contributed by atoms with Crippen molar-refractivity contribution in [1.82, 2.24) is 10.4 Å². The number of nitrogens with zero attached hydrogens (tertiary/aromatic N) is 2. The van der Waals surface area contributed by atoms with Crippen molar-refractivity contribution in [1.29, 1.82) is 0 Å². The highest BCUT2D eigenvalue weighted by atomic mass is 32.2. The largest absolute Gasteiger partial charge is 0.493 e. The van der Waals surface area contributed by atoms with Crippen LogP contribution in [0.5, 0.6) is 5.75 Å². The quantitative estimate of drug-likeness (QED) is 0.217. The summed E-state index contributed by atoms with van der Waals surface area (Å²) >= 11 is 3.01. The molecule has 0 aliphatic carbocycles. The maximum Gasteiger partial charge on any atom is 0.250 e. The highest BCUT2D eigenvalue weighted by Crippen LogP contribution is 2.29. The van der Waals surface area contributed by atoms with E-state index >= 15 is 0 Å². The first-order valence-corrected chi connectivity index (χ1v) is 11.1. The van der Waals surface area contributed by atoms with E-state index in [0.29, 0.717) is 6.61 Å². The van der Waals surface area contributed by atoms with Crippen LogP contribution in [0.3, 0.4) is 0 Å². The van der Waals surface area contributed by atoms with Crippen molar-refractivity contribution < 1.29 is 9.53 Å². The Bertz CT molecular complexity index is 907. The number of hydrogen-bond donors (Lipinski definition) is 1. The molecular formula is C21H23N3O2S2. The Morgan fingerprint density at radius 2 is 2.04 bits per heavy atom. The summed E-state index contributed by atoms with van der Waals surface area (Å²) in [6.45, 7) is 2.85. The van der Waals surface area contributed by atoms with Crippen LogP contribution in [0.4, 0.5) is 0 Å². The first-order valence-electron chi connectivity index (χ1n) is 9.28. The average Bonchev–Trinajstić information content (AvgIpc) is 3.14. The fraction of sp³-hybridized carbons (Fsp3) is 0.286. The van der Waals surface area contributed by atoms with Gasteiger partial charge in [0.15, 0.2) is 4.34 Å². The van der Waals surface area contributed by atoms with Crippen molar-refractivity contribution in [2.75, 3.05) is 12.4 Å². The van der Waals surface area contributed by atoms with Crippen LogP contribution in [0.15, 0.2) is 58.0 Å². The number of fused-ring (bicyclic) bond motifs is 1. The summed E-state index contributed by atoms with van der Waals surface area (Å²) in [5.41, 5.74) is 4.38. The van der Waals surface area contributed by atoms with Gasteiger partial charge in [-0.3, -0.25) is 4.79 Å². The molecule has 0 radical (unpaired) electrons. The molecule has 0 fully saturated rings. The summed E-state index contributed by atoms with van der Waals surface area (Å²) in [6.07, 6.45) is 4.96. The number of hydrogen-bond acceptors (Lipinski definition) is 6. The van der Waals surface area contributed by atoms with Crippen molar-refractivity contribution in [3.8, 4) is 5.75 Å². The smallest absolute Gasteiger partial charge is 0.250 e. The predicted octanol–water partition coefficient (Wildman–Crippen LogP) is 5.11. The molecule has 146 valence electrons. The molecule has 1 amide bonds. The lowest BCUT2D eigenvalue weighted by atomic mass is 10.2. The van der Waals surface area contributed by atoms with Gasteiger partial charge in [0.1, 0.15) is 5.75 Å². The Hall–Kier alpha value is -2.38. The Labute approximate surface area is 173 Å². The zero-order valence-corrected chi connectivity index (χ0v) is 17.4. The summed E-state index contributed by atoms with van der Waals surface area (Å²) < 4.78 is 7.82. The highest BCUT2D eigenvalue weighted by molar-refractivity contribution is 8.01. The van der Waals surface area contributed by atoms with Crippen LogP contribution in [0.25, 0.3) is 10.2 Å². The number of nitrogens with one attached hydrogen (secondary N) is 1. The number of ether oxygens (including phenoxy) is 1. The number of benzene rings is 2. The van der Waals surface area contributed by atoms with Gasteiger partial charge < -0.3 is 4.74 Å². The molecule has 3 rings (SSSR count). The van der Waals surface area contributed by atoms with Crippen LogP contribution >= 0.6 is 23.1 Å². The maximum atomic E-state index is 12.1. The zero-order valence-electron chi connectivity index (χ0n) is 15.8. The molecule has 0 aliphatic rings. The average molecular weight is 414 g/mol. The third kappa shape index (κ3) is 6.07. The Morgan fingerprint density at radius 3 is 2.89 bits per heavy atom. The van der Waals surface area contributed by atoms with Crippen LogP contribution in [0.2, 0.25) is 0 Å². The molecule has 0 saturated carbocycles. The normalized spacial score (nSPS) is 11.2. The van der Waals surface area contributed by atoms with Gasteiger partial charge in [-0.15, -0.1) is 11.3 Å². The van der Waals surface area contributed by atoms with Crippen LogP contribution in [0.1, 0.15) is 31.7 Å². The Morgan fingerprint density at radius 1 is 1.21 bits per heavy atom. The molecule has 3 aromatic rings. The SMILES string of the molecule is CCCCCOc1ccccc1/C=N\NC(=O)CSc1nc2ccccc2s1. The third-order valence-electron chi connectivity index (χ3n) is 3.92. The standard InChI is InChI=1S/C21H23N3O2S2/c1-2-3-8-13-26-18-11-6-4-9-16(18)14-22-24-20(25)15-27-21-23-17-10-5-7-12-19(17)28-21/h4-7,9-12,14H,2-3,8,13,15H2,1H3,(H,24,25)/b22-14-. The minimum Gasteiger partial charge on any atom is -0.493 e. The molecular weight excluding hydrogens is 390 g/mol. The van der Waals surface area contributed by atoms with Crippen LogP contribution in [-0.2, 0) is 4.79 Å². The number of unbranched alkanes of at least 4 members (excludes halogenated alkanes) is 2. The van der Waals surface area contributed by atoms with E-state index in [1.807, 2.05) is 48.5 Å². The molecule has 5 nitrogen and oxygen atoms in total. The fourth-order valence-electron chi connectivity index (χ4n) is 2.50. The predicted molar refractivity (Wildman–Crippen MR) is 118 cm³/mol. The lowest BCUT2D eigenvalue weighted by Gasteiger charge is -2.08. The van der Waals surface area contributed by atoms with Gasteiger partial charge in [0, 0.05) is 5.56 Å². The molecule has 0 atom stereocenters. The van der Waals surface area contributed by atoms with Crippen LogP contribution in [0, 0.1) is 0 Å². The summed E-state index contributed by atoms with van der Waals surface area (Å²) in [7, 11) is 0. The molecule has 1 heterocycles. The van der Waals surface area contributed by atoms with Gasteiger partial charge in [-0.1, -0.05) is 55.8 Å². The van der Waals surface area contributed by atoms with Crippen molar-refractivity contribution >= 4 is 45.4 Å². The number of carbonyl (C=O) groups is 1. The zero-order chi connectivity index (χ0) is 19.6. The molecule has 28 heavy (non-hydrogen) atoms. The van der Waals surface area contributed by atoms with Gasteiger partial charge in [-0.2, -0.15) is 5.10 Å². The second-order valence-corrected chi connectivity index (χ2v) is 8.38. The summed E-state index contributed by atoms with van der Waals surface area (Å²) in [5, 5.41) is 4.07. The number of carbonyl (C=O) groups excluding carboxylic acids is 1. The van der Waals surface area contributed by atoms with E-state index in [1.165, 1.54) is 11.8 Å². The number of rotatable bonds is 10. The molecule has 0 aliphatic heterocycles. The van der Waals surface area contributed by atoms with Gasteiger partial charge >= 0.3 is 0 Å². The van der Waals surface area contributed by atoms with E-state index in [9.17, 15) is 4.79 Å². The van der Waals surface area contributed by atoms with Gasteiger partial charge in [0.25, 0.3) is 5.91 Å². The van der Waals surface area contributed by atoms with E-state index < -0.39 is 0 Å². The van der Waals surface area contributed by atoms with Crippen molar-refractivity contribution in [2.24, 2.45) is 5.10 Å². The lowest BCUT2D eigenvalue weighted by Crippen LogP contribution is -2.19. The molecule has 0 spiro atoms. The second kappa shape index (κ2) is 10.8. The van der Waals surface area contributed by atoms with E-state index in [2.05, 4.69) is 22.4 Å². The van der Waals surface area contributed by atoms with Crippen LogP contribution in [-0.4, -0.2) is 29.5 Å². The summed E-state index contributed by atoms with van der Waals surface area (Å²) in [6, 6.07) is 15.6. The number of hydrazone groups is 1. The monoisotopic (exact) mass is 413 g/mol. The van der Waals surface area contributed by atoms with Crippen molar-refractivity contribution in [2.45, 2.75) is 30.5 Å². The molecule has 1 aromatic heterocycles. The van der Waals surface area contributed by atoms with Gasteiger partial charge in [-0.25, -0.2) is 10.4 Å². The second-order valence-electron chi connectivity index (χ2n) is 6.12. The minimum absolute atomic E-state index is 0.165. The summed E-state index contributed by atoms with van der Waals surface area (Å²) in [4.78, 5) is 16.6. The fourth-order valence-corrected chi connectivity index (χ4v) is 4.36. The molecule has 2 aromatic carbocycles. The first-order chi connectivity index (χ1) is 13.8. The number of para-hydroxylation sites is 2. The van der Waals surface area contributed by atoms with Gasteiger partial charge in [0.05, 0.1) is 28.8 Å². The molecule has 7 heteroatoms. The number of thiazole rings is 1. The number of thioether (sulfide) groups is 1. The third-order valence-corrected chi connectivity index (χ3v) is 6.10. The van der Waals surface area contributed by atoms with E-state index in [-0.39, 0.29) is 11.7 Å². The van der Waals surface area contributed by atoms with Crippen molar-refractivity contribution in [3.63, 3.8) is 0 Å². The molecule has 0 saturated heterocycles. The van der Waals surface area contributed by atoms with E-state index in [0.717, 1.165) is 45.1 Å². The number of aromatic nitrogens is 1. The van der Waals surface area contributed by atoms with Crippen LogP contribution < -0.4 is 10.2 Å². The van der Waals surface area contributed by atoms with Gasteiger partial charge in [0.2, 0.25) is 0 Å².